The van der Waals surface area contributed by atoms with Crippen LogP contribution in [0.15, 0.2) is 28.8 Å². The van der Waals surface area contributed by atoms with Crippen molar-refractivity contribution in [3.8, 4) is 0 Å². The number of ether oxygens (including phenoxy) is 1. The molecule has 1 atom stereocenters. The smallest absolute Gasteiger partial charge is 0.344 e. The maximum absolute atomic E-state index is 12.3. The van der Waals surface area contributed by atoms with Gasteiger partial charge in [0, 0.05) is 5.69 Å². The number of amides is 1. The third kappa shape index (κ3) is 4.01. The highest BCUT2D eigenvalue weighted by molar-refractivity contribution is 5.98. The summed E-state index contributed by atoms with van der Waals surface area (Å²) < 4.78 is 10.3. The van der Waals surface area contributed by atoms with Crippen LogP contribution in [0.25, 0.3) is 0 Å². The van der Waals surface area contributed by atoms with Crippen LogP contribution in [0, 0.1) is 6.92 Å². The largest absolute Gasteiger partial charge is 0.449 e. The fraction of sp³-hybridized carbons (Fsp3) is 0.389. The van der Waals surface area contributed by atoms with E-state index in [2.05, 4.69) is 17.4 Å². The number of hydrogen-bond donors (Lipinski definition) is 1. The monoisotopic (exact) mass is 330 g/mol. The van der Waals surface area contributed by atoms with Crippen molar-refractivity contribution in [1.29, 1.82) is 0 Å². The predicted molar refractivity (Wildman–Crippen MR) is 89.9 cm³/mol. The Morgan fingerprint density at radius 2 is 1.88 bits per heavy atom. The molecule has 0 spiro atoms. The zero-order valence-electron chi connectivity index (χ0n) is 14.4. The molecule has 1 amide bonds. The Hall–Kier alpha value is -2.63. The lowest BCUT2D eigenvalue weighted by Gasteiger charge is -2.13. The van der Waals surface area contributed by atoms with Gasteiger partial charge in [-0.15, -0.1) is 0 Å². The number of hydrogen-bond acceptors (Lipinski definition) is 5. The highest BCUT2D eigenvalue weighted by Crippen LogP contribution is 2.17. The van der Waals surface area contributed by atoms with Crippen LogP contribution in [0.1, 0.15) is 48.1 Å². The molecule has 0 saturated carbocycles. The Bertz CT molecular complexity index is 719. The van der Waals surface area contributed by atoms with Gasteiger partial charge in [0.05, 0.1) is 5.69 Å². The van der Waals surface area contributed by atoms with Crippen LogP contribution in [-0.2, 0) is 22.4 Å². The van der Waals surface area contributed by atoms with E-state index in [4.69, 9.17) is 9.26 Å². The molecule has 128 valence electrons. The average Bonchev–Trinajstić information content (AvgIpc) is 2.96. The summed E-state index contributed by atoms with van der Waals surface area (Å²) in [5.41, 5.74) is 2.67. The molecule has 0 bridgehead atoms. The van der Waals surface area contributed by atoms with E-state index in [-0.39, 0.29) is 5.91 Å². The molecule has 6 heteroatoms. The molecule has 0 saturated heterocycles. The highest BCUT2D eigenvalue weighted by Gasteiger charge is 2.25. The molecule has 1 heterocycles. The Kier molecular flexibility index (Phi) is 5.73. The van der Waals surface area contributed by atoms with Gasteiger partial charge in [-0.1, -0.05) is 31.1 Å². The molecule has 1 aromatic heterocycles. The first-order valence-corrected chi connectivity index (χ1v) is 8.02. The first kappa shape index (κ1) is 17.7. The Labute approximate surface area is 141 Å². The Balaban J connectivity index is 2.00. The van der Waals surface area contributed by atoms with E-state index in [1.807, 2.05) is 31.2 Å². The number of carbonyl (C=O) groups is 2. The first-order chi connectivity index (χ1) is 11.5. The summed E-state index contributed by atoms with van der Waals surface area (Å²) in [7, 11) is 0. The van der Waals surface area contributed by atoms with Gasteiger partial charge in [0.1, 0.15) is 11.3 Å². The van der Waals surface area contributed by atoms with Crippen LogP contribution in [0.2, 0.25) is 0 Å². The SMILES string of the molecule is CCc1ccc(NC(=O)C(C)OC(=O)c2c(CC)noc2C)cc1. The van der Waals surface area contributed by atoms with E-state index in [1.54, 1.807) is 6.92 Å². The molecule has 24 heavy (non-hydrogen) atoms. The number of carbonyl (C=O) groups excluding carboxylic acids is 2. The number of benzene rings is 1. The molecule has 1 unspecified atom stereocenters. The topological polar surface area (TPSA) is 81.4 Å². The quantitative estimate of drug-likeness (QED) is 0.822. The van der Waals surface area contributed by atoms with Gasteiger partial charge in [-0.05, 0) is 44.4 Å². The molecule has 0 fully saturated rings. The molecule has 6 nitrogen and oxygen atoms in total. The van der Waals surface area contributed by atoms with E-state index in [9.17, 15) is 9.59 Å². The van der Waals surface area contributed by atoms with Crippen molar-refractivity contribution >= 4 is 17.6 Å². The maximum Gasteiger partial charge on any atom is 0.344 e. The number of rotatable bonds is 6. The Morgan fingerprint density at radius 1 is 1.21 bits per heavy atom. The van der Waals surface area contributed by atoms with Crippen LogP contribution in [0.5, 0.6) is 0 Å². The van der Waals surface area contributed by atoms with Gasteiger partial charge in [0.2, 0.25) is 0 Å². The standard InChI is InChI=1S/C18H22N2O4/c1-5-13-7-9-14(10-8-13)19-17(21)12(4)23-18(22)16-11(3)24-20-15(16)6-2/h7-10,12H,5-6H2,1-4H3,(H,19,21). The number of nitrogens with one attached hydrogen (secondary N) is 1. The van der Waals surface area contributed by atoms with Crippen LogP contribution < -0.4 is 5.32 Å². The molecule has 0 aliphatic rings. The summed E-state index contributed by atoms with van der Waals surface area (Å²) in [5, 5.41) is 6.55. The molecule has 1 N–H and O–H groups in total. The molecular formula is C18H22N2O4. The minimum atomic E-state index is -0.928. The predicted octanol–water partition coefficient (Wildman–Crippen LogP) is 3.29. The molecular weight excluding hydrogens is 308 g/mol. The van der Waals surface area contributed by atoms with E-state index in [1.165, 1.54) is 12.5 Å². The van der Waals surface area contributed by atoms with Gasteiger partial charge in [-0.2, -0.15) is 0 Å². The van der Waals surface area contributed by atoms with Crippen molar-refractivity contribution in [2.75, 3.05) is 5.32 Å². The van der Waals surface area contributed by atoms with Gasteiger partial charge in [0.25, 0.3) is 5.91 Å². The molecule has 2 rings (SSSR count). The Morgan fingerprint density at radius 3 is 2.46 bits per heavy atom. The molecule has 2 aromatic rings. The lowest BCUT2D eigenvalue weighted by molar-refractivity contribution is -0.123. The summed E-state index contributed by atoms with van der Waals surface area (Å²) in [6.45, 7) is 7.10. The minimum absolute atomic E-state index is 0.296. The van der Waals surface area contributed by atoms with Crippen LogP contribution >= 0.6 is 0 Å². The van der Waals surface area contributed by atoms with E-state index >= 15 is 0 Å². The van der Waals surface area contributed by atoms with Crippen LogP contribution in [-0.4, -0.2) is 23.1 Å². The summed E-state index contributed by atoms with van der Waals surface area (Å²) in [6, 6.07) is 7.54. The number of esters is 1. The zero-order chi connectivity index (χ0) is 17.7. The van der Waals surface area contributed by atoms with Crippen molar-refractivity contribution in [2.24, 2.45) is 0 Å². The normalized spacial score (nSPS) is 11.8. The van der Waals surface area contributed by atoms with Gasteiger partial charge in [-0.3, -0.25) is 4.79 Å². The van der Waals surface area contributed by atoms with Gasteiger partial charge in [0.15, 0.2) is 6.10 Å². The van der Waals surface area contributed by atoms with Crippen LogP contribution in [0.3, 0.4) is 0 Å². The average molecular weight is 330 g/mol. The number of aromatic nitrogens is 1. The third-order valence-electron chi connectivity index (χ3n) is 3.76. The molecule has 0 aliphatic heterocycles. The van der Waals surface area contributed by atoms with E-state index in [0.717, 1.165) is 6.42 Å². The molecule has 0 aliphatic carbocycles. The molecule has 0 radical (unpaired) electrons. The summed E-state index contributed by atoms with van der Waals surface area (Å²) in [4.78, 5) is 24.4. The summed E-state index contributed by atoms with van der Waals surface area (Å²) in [5.74, 6) is -0.603. The van der Waals surface area contributed by atoms with Crippen molar-refractivity contribution < 1.29 is 18.8 Å². The fourth-order valence-corrected chi connectivity index (χ4v) is 2.26. The van der Waals surface area contributed by atoms with Crippen molar-refractivity contribution in [3.05, 3.63) is 46.8 Å². The third-order valence-corrected chi connectivity index (χ3v) is 3.76. The van der Waals surface area contributed by atoms with Crippen molar-refractivity contribution in [2.45, 2.75) is 46.6 Å². The van der Waals surface area contributed by atoms with E-state index < -0.39 is 12.1 Å². The van der Waals surface area contributed by atoms with Crippen molar-refractivity contribution in [1.82, 2.24) is 5.16 Å². The lowest BCUT2D eigenvalue weighted by Crippen LogP contribution is -2.30. The van der Waals surface area contributed by atoms with E-state index in [0.29, 0.717) is 29.1 Å². The van der Waals surface area contributed by atoms with Crippen molar-refractivity contribution in [3.63, 3.8) is 0 Å². The number of anilines is 1. The first-order valence-electron chi connectivity index (χ1n) is 8.02. The lowest BCUT2D eigenvalue weighted by atomic mass is 10.1. The highest BCUT2D eigenvalue weighted by atomic mass is 16.5. The summed E-state index contributed by atoms with van der Waals surface area (Å²) in [6.07, 6.45) is 0.550. The number of aryl methyl sites for hydroxylation is 3. The zero-order valence-corrected chi connectivity index (χ0v) is 14.4. The fourth-order valence-electron chi connectivity index (χ4n) is 2.26. The van der Waals surface area contributed by atoms with Gasteiger partial charge >= 0.3 is 5.97 Å². The second-order valence-corrected chi connectivity index (χ2v) is 5.50. The summed E-state index contributed by atoms with van der Waals surface area (Å²) >= 11 is 0. The molecule has 1 aromatic carbocycles. The minimum Gasteiger partial charge on any atom is -0.449 e. The van der Waals surface area contributed by atoms with Gasteiger partial charge < -0.3 is 14.6 Å². The van der Waals surface area contributed by atoms with Gasteiger partial charge in [-0.25, -0.2) is 4.79 Å². The number of nitrogens with zero attached hydrogens (tertiary/aromatic N) is 1. The maximum atomic E-state index is 12.3. The second kappa shape index (κ2) is 7.77. The van der Waals surface area contributed by atoms with Crippen LogP contribution in [0.4, 0.5) is 5.69 Å². The second-order valence-electron chi connectivity index (χ2n) is 5.50.